The number of nitrogens with one attached hydrogen (secondary N) is 1. The number of para-hydroxylation sites is 2. The number of aromatic nitrogens is 2. The van der Waals surface area contributed by atoms with Gasteiger partial charge in [-0.15, -0.1) is 0 Å². The van der Waals surface area contributed by atoms with E-state index >= 15 is 0 Å². The molecule has 18 heavy (non-hydrogen) atoms. The topological polar surface area (TPSA) is 39.1 Å². The van der Waals surface area contributed by atoms with Crippen LogP contribution in [0.25, 0.3) is 5.69 Å². The molecule has 1 aliphatic heterocycles. The van der Waals surface area contributed by atoms with E-state index in [4.69, 9.17) is 4.74 Å². The van der Waals surface area contributed by atoms with E-state index in [1.165, 1.54) is 11.4 Å². The van der Waals surface area contributed by atoms with Crippen molar-refractivity contribution in [3.8, 4) is 11.4 Å². The predicted octanol–water partition coefficient (Wildman–Crippen LogP) is 2.55. The number of ether oxygens (including phenoxy) is 1. The Morgan fingerprint density at radius 2 is 2.17 bits per heavy atom. The van der Waals surface area contributed by atoms with E-state index in [0.717, 1.165) is 36.5 Å². The number of benzene rings is 1. The summed E-state index contributed by atoms with van der Waals surface area (Å²) in [5.41, 5.74) is 4.50. The number of hydrogen-bond acceptors (Lipinski definition) is 3. The van der Waals surface area contributed by atoms with Crippen molar-refractivity contribution in [1.82, 2.24) is 9.78 Å². The summed E-state index contributed by atoms with van der Waals surface area (Å²) in [4.78, 5) is 0. The largest absolute Gasteiger partial charge is 0.494 e. The zero-order valence-electron chi connectivity index (χ0n) is 10.7. The second kappa shape index (κ2) is 4.37. The van der Waals surface area contributed by atoms with Crippen molar-refractivity contribution >= 4 is 5.69 Å². The number of rotatable bonds is 2. The van der Waals surface area contributed by atoms with E-state index in [1.54, 1.807) is 7.11 Å². The number of methoxy groups -OCH3 is 1. The van der Waals surface area contributed by atoms with Crippen LogP contribution < -0.4 is 10.1 Å². The molecular formula is C14H17N3O. The number of nitrogens with zero attached hydrogens (tertiary/aromatic N) is 2. The van der Waals surface area contributed by atoms with Crippen LogP contribution in [0.3, 0.4) is 0 Å². The molecule has 0 saturated carbocycles. The zero-order chi connectivity index (χ0) is 12.5. The highest BCUT2D eigenvalue weighted by molar-refractivity contribution is 5.58. The van der Waals surface area contributed by atoms with Crippen LogP contribution in [-0.4, -0.2) is 23.4 Å². The lowest BCUT2D eigenvalue weighted by Crippen LogP contribution is -2.14. The molecule has 0 amide bonds. The van der Waals surface area contributed by atoms with Crippen molar-refractivity contribution < 1.29 is 4.74 Å². The van der Waals surface area contributed by atoms with Crippen molar-refractivity contribution in [2.45, 2.75) is 19.8 Å². The van der Waals surface area contributed by atoms with Gasteiger partial charge in [-0.25, -0.2) is 4.68 Å². The average Bonchev–Trinajstić information content (AvgIpc) is 2.77. The monoisotopic (exact) mass is 243 g/mol. The van der Waals surface area contributed by atoms with Crippen molar-refractivity contribution in [3.63, 3.8) is 0 Å². The van der Waals surface area contributed by atoms with Crippen LogP contribution in [0, 0.1) is 6.92 Å². The molecular weight excluding hydrogens is 226 g/mol. The highest BCUT2D eigenvalue weighted by Crippen LogP contribution is 2.31. The summed E-state index contributed by atoms with van der Waals surface area (Å²) in [5.74, 6) is 0.855. The molecule has 94 valence electrons. The molecule has 2 aromatic rings. The van der Waals surface area contributed by atoms with Crippen LogP contribution >= 0.6 is 0 Å². The smallest absolute Gasteiger partial charge is 0.144 e. The summed E-state index contributed by atoms with van der Waals surface area (Å²) in [6, 6.07) is 8.00. The van der Waals surface area contributed by atoms with E-state index in [0.29, 0.717) is 0 Å². The van der Waals surface area contributed by atoms with Gasteiger partial charge in [0.15, 0.2) is 0 Å². The molecule has 0 aliphatic carbocycles. The summed E-state index contributed by atoms with van der Waals surface area (Å²) in [7, 11) is 1.69. The second-order valence-corrected chi connectivity index (χ2v) is 4.52. The van der Waals surface area contributed by atoms with Gasteiger partial charge in [0.1, 0.15) is 11.4 Å². The molecule has 0 bridgehead atoms. The maximum atomic E-state index is 5.42. The third kappa shape index (κ3) is 1.65. The molecule has 2 heterocycles. The van der Waals surface area contributed by atoms with Crippen LogP contribution in [-0.2, 0) is 6.42 Å². The summed E-state index contributed by atoms with van der Waals surface area (Å²) >= 11 is 0. The highest BCUT2D eigenvalue weighted by atomic mass is 16.5. The fourth-order valence-electron chi connectivity index (χ4n) is 2.51. The van der Waals surface area contributed by atoms with Crippen molar-refractivity contribution in [2.75, 3.05) is 19.0 Å². The summed E-state index contributed by atoms with van der Waals surface area (Å²) in [6.07, 6.45) is 2.20. The molecule has 1 aromatic heterocycles. The van der Waals surface area contributed by atoms with Gasteiger partial charge >= 0.3 is 0 Å². The highest BCUT2D eigenvalue weighted by Gasteiger charge is 2.20. The first-order valence-corrected chi connectivity index (χ1v) is 6.27. The van der Waals surface area contributed by atoms with Gasteiger partial charge in [-0.1, -0.05) is 12.1 Å². The second-order valence-electron chi connectivity index (χ2n) is 4.52. The summed E-state index contributed by atoms with van der Waals surface area (Å²) in [6.45, 7) is 3.08. The first-order valence-electron chi connectivity index (χ1n) is 6.27. The minimum atomic E-state index is 0.855. The Bertz CT molecular complexity index is 574. The fraction of sp³-hybridized carbons (Fsp3) is 0.357. The number of fused-ring (bicyclic) bond motifs is 1. The zero-order valence-corrected chi connectivity index (χ0v) is 10.7. The molecule has 0 unspecified atom stereocenters. The third-order valence-electron chi connectivity index (χ3n) is 3.36. The molecule has 1 aromatic carbocycles. The fourth-order valence-corrected chi connectivity index (χ4v) is 2.51. The Labute approximate surface area is 107 Å². The Balaban J connectivity index is 2.17. The third-order valence-corrected chi connectivity index (χ3v) is 3.36. The van der Waals surface area contributed by atoms with Crippen molar-refractivity contribution in [3.05, 3.63) is 35.7 Å². The Morgan fingerprint density at radius 3 is 3.00 bits per heavy atom. The van der Waals surface area contributed by atoms with E-state index in [2.05, 4.69) is 10.4 Å². The Kier molecular flexibility index (Phi) is 2.70. The summed E-state index contributed by atoms with van der Waals surface area (Å²) < 4.78 is 7.43. The van der Waals surface area contributed by atoms with Gasteiger partial charge in [-0.2, -0.15) is 5.10 Å². The van der Waals surface area contributed by atoms with Crippen LogP contribution in [0.1, 0.15) is 17.8 Å². The van der Waals surface area contributed by atoms with Crippen molar-refractivity contribution in [2.24, 2.45) is 0 Å². The lowest BCUT2D eigenvalue weighted by atomic mass is 10.1. The average molecular weight is 243 g/mol. The Morgan fingerprint density at radius 1 is 1.33 bits per heavy atom. The van der Waals surface area contributed by atoms with Gasteiger partial charge in [0.25, 0.3) is 0 Å². The lowest BCUT2D eigenvalue weighted by molar-refractivity contribution is 0.411. The van der Waals surface area contributed by atoms with E-state index in [1.807, 2.05) is 35.9 Å². The maximum Gasteiger partial charge on any atom is 0.144 e. The normalized spacial score (nSPS) is 13.9. The van der Waals surface area contributed by atoms with Gasteiger partial charge in [0.05, 0.1) is 24.2 Å². The van der Waals surface area contributed by atoms with Gasteiger partial charge in [0.2, 0.25) is 0 Å². The van der Waals surface area contributed by atoms with Crippen LogP contribution in [0.4, 0.5) is 5.69 Å². The van der Waals surface area contributed by atoms with E-state index in [9.17, 15) is 0 Å². The van der Waals surface area contributed by atoms with Crippen LogP contribution in [0.15, 0.2) is 24.3 Å². The minimum Gasteiger partial charge on any atom is -0.494 e. The van der Waals surface area contributed by atoms with Crippen LogP contribution in [0.5, 0.6) is 5.75 Å². The maximum absolute atomic E-state index is 5.42. The molecule has 1 N–H and O–H groups in total. The SMILES string of the molecule is COc1ccccc1-n1nc(C)c2c1CCCN2. The molecule has 3 rings (SSSR count). The predicted molar refractivity (Wildman–Crippen MR) is 71.7 cm³/mol. The van der Waals surface area contributed by atoms with Gasteiger partial charge in [-0.05, 0) is 31.9 Å². The molecule has 0 radical (unpaired) electrons. The van der Waals surface area contributed by atoms with Gasteiger partial charge < -0.3 is 10.1 Å². The minimum absolute atomic E-state index is 0.855. The summed E-state index contributed by atoms with van der Waals surface area (Å²) in [5, 5.41) is 8.08. The first-order chi connectivity index (χ1) is 8.81. The number of hydrogen-bond donors (Lipinski definition) is 1. The first kappa shape index (κ1) is 11.1. The number of aryl methyl sites for hydroxylation is 1. The van der Waals surface area contributed by atoms with Crippen LogP contribution in [0.2, 0.25) is 0 Å². The Hall–Kier alpha value is -1.97. The van der Waals surface area contributed by atoms with Crippen molar-refractivity contribution in [1.29, 1.82) is 0 Å². The molecule has 1 aliphatic rings. The molecule has 4 nitrogen and oxygen atoms in total. The molecule has 0 fully saturated rings. The van der Waals surface area contributed by atoms with Gasteiger partial charge in [0, 0.05) is 6.54 Å². The lowest BCUT2D eigenvalue weighted by Gasteiger charge is -2.17. The molecule has 0 saturated heterocycles. The molecule has 4 heteroatoms. The standard InChI is InChI=1S/C14H17N3O/c1-10-14-12(7-5-9-15-14)17(16-10)11-6-3-4-8-13(11)18-2/h3-4,6,8,15H,5,7,9H2,1-2H3. The molecule has 0 atom stereocenters. The van der Waals surface area contributed by atoms with E-state index in [-0.39, 0.29) is 0 Å². The number of anilines is 1. The van der Waals surface area contributed by atoms with E-state index < -0.39 is 0 Å². The molecule has 0 spiro atoms. The van der Waals surface area contributed by atoms with Gasteiger partial charge in [-0.3, -0.25) is 0 Å². The quantitative estimate of drug-likeness (QED) is 0.881.